The lowest BCUT2D eigenvalue weighted by molar-refractivity contribution is -0.118. The SMILES string of the molecule is CSC[C@H](C)C(=O)Nc1ccc(S(=O)(=O)NC(C)(C)C)cn1. The maximum atomic E-state index is 12.1. The molecule has 0 saturated heterocycles. The first-order valence-corrected chi connectivity index (χ1v) is 9.73. The van der Waals surface area contributed by atoms with Crippen LogP contribution in [0.5, 0.6) is 0 Å². The highest BCUT2D eigenvalue weighted by Gasteiger charge is 2.22. The lowest BCUT2D eigenvalue weighted by Gasteiger charge is -2.20. The van der Waals surface area contributed by atoms with E-state index in [-0.39, 0.29) is 16.7 Å². The summed E-state index contributed by atoms with van der Waals surface area (Å²) < 4.78 is 26.8. The largest absolute Gasteiger partial charge is 0.310 e. The number of pyridine rings is 1. The highest BCUT2D eigenvalue weighted by molar-refractivity contribution is 7.98. The average Bonchev–Trinajstić information content (AvgIpc) is 2.36. The molecule has 0 saturated carbocycles. The number of nitrogens with one attached hydrogen (secondary N) is 2. The van der Waals surface area contributed by atoms with E-state index >= 15 is 0 Å². The summed E-state index contributed by atoms with van der Waals surface area (Å²) in [5.74, 6) is 0.786. The van der Waals surface area contributed by atoms with Crippen LogP contribution in [0.3, 0.4) is 0 Å². The Morgan fingerprint density at radius 3 is 2.45 bits per heavy atom. The number of rotatable bonds is 6. The summed E-state index contributed by atoms with van der Waals surface area (Å²) >= 11 is 1.59. The zero-order valence-electron chi connectivity index (χ0n) is 13.5. The molecule has 1 aromatic rings. The molecule has 0 bridgehead atoms. The van der Waals surface area contributed by atoms with Gasteiger partial charge in [-0.2, -0.15) is 11.8 Å². The van der Waals surface area contributed by atoms with E-state index in [0.717, 1.165) is 0 Å². The van der Waals surface area contributed by atoms with Crippen LogP contribution in [0.1, 0.15) is 27.7 Å². The van der Waals surface area contributed by atoms with Crippen molar-refractivity contribution in [2.75, 3.05) is 17.3 Å². The molecule has 124 valence electrons. The molecule has 22 heavy (non-hydrogen) atoms. The second-order valence-corrected chi connectivity index (χ2v) is 8.67. The monoisotopic (exact) mass is 345 g/mol. The van der Waals surface area contributed by atoms with Gasteiger partial charge in [-0.3, -0.25) is 4.79 Å². The quantitative estimate of drug-likeness (QED) is 0.824. The number of carbonyl (C=O) groups is 1. The zero-order chi connectivity index (χ0) is 17.0. The number of thioether (sulfide) groups is 1. The summed E-state index contributed by atoms with van der Waals surface area (Å²) in [6, 6.07) is 2.91. The Kier molecular flexibility index (Phi) is 6.39. The molecular formula is C14H23N3O3S2. The molecule has 1 rings (SSSR count). The first-order valence-electron chi connectivity index (χ1n) is 6.85. The lowest BCUT2D eigenvalue weighted by Crippen LogP contribution is -2.40. The molecule has 0 aliphatic heterocycles. The van der Waals surface area contributed by atoms with Crippen LogP contribution >= 0.6 is 11.8 Å². The van der Waals surface area contributed by atoms with Crippen LogP contribution < -0.4 is 10.0 Å². The van der Waals surface area contributed by atoms with Crippen LogP contribution in [-0.2, 0) is 14.8 Å². The second-order valence-electron chi connectivity index (χ2n) is 6.08. The molecule has 0 aromatic carbocycles. The summed E-state index contributed by atoms with van der Waals surface area (Å²) in [5.41, 5.74) is -0.570. The van der Waals surface area contributed by atoms with Crippen molar-refractivity contribution in [3.8, 4) is 0 Å². The van der Waals surface area contributed by atoms with Gasteiger partial charge >= 0.3 is 0 Å². The normalized spacial score (nSPS) is 13.7. The Morgan fingerprint density at radius 2 is 2.00 bits per heavy atom. The number of hydrogen-bond acceptors (Lipinski definition) is 5. The first kappa shape index (κ1) is 18.9. The summed E-state index contributed by atoms with van der Waals surface area (Å²) in [6.07, 6.45) is 3.17. The van der Waals surface area contributed by atoms with E-state index in [0.29, 0.717) is 11.6 Å². The Morgan fingerprint density at radius 1 is 1.36 bits per heavy atom. The van der Waals surface area contributed by atoms with Crippen LogP contribution in [0, 0.1) is 5.92 Å². The van der Waals surface area contributed by atoms with E-state index < -0.39 is 15.6 Å². The molecular weight excluding hydrogens is 322 g/mol. The topological polar surface area (TPSA) is 88.2 Å². The Bertz CT molecular complexity index is 607. The van der Waals surface area contributed by atoms with Crippen LogP contribution in [0.15, 0.2) is 23.2 Å². The third kappa shape index (κ3) is 5.94. The van der Waals surface area contributed by atoms with Gasteiger partial charge in [0.1, 0.15) is 10.7 Å². The van der Waals surface area contributed by atoms with Crippen LogP contribution in [0.25, 0.3) is 0 Å². The van der Waals surface area contributed by atoms with Crippen molar-refractivity contribution in [3.63, 3.8) is 0 Å². The molecule has 6 nitrogen and oxygen atoms in total. The van der Waals surface area contributed by atoms with Gasteiger partial charge in [0.2, 0.25) is 15.9 Å². The molecule has 0 unspecified atom stereocenters. The van der Waals surface area contributed by atoms with Crippen LogP contribution in [0.4, 0.5) is 5.82 Å². The van der Waals surface area contributed by atoms with E-state index in [1.54, 1.807) is 32.5 Å². The van der Waals surface area contributed by atoms with Crippen molar-refractivity contribution in [2.45, 2.75) is 38.1 Å². The van der Waals surface area contributed by atoms with Gasteiger partial charge in [0.05, 0.1) is 0 Å². The van der Waals surface area contributed by atoms with E-state index in [2.05, 4.69) is 15.0 Å². The maximum Gasteiger partial charge on any atom is 0.242 e. The molecule has 1 atom stereocenters. The van der Waals surface area contributed by atoms with Gasteiger partial charge < -0.3 is 5.32 Å². The summed E-state index contributed by atoms with van der Waals surface area (Å²) in [6.45, 7) is 7.12. The predicted octanol–water partition coefficient (Wildman–Crippen LogP) is 2.10. The third-order valence-corrected chi connectivity index (χ3v) is 5.18. The number of aromatic nitrogens is 1. The van der Waals surface area contributed by atoms with Gasteiger partial charge in [-0.15, -0.1) is 0 Å². The fraction of sp³-hybridized carbons (Fsp3) is 0.571. The Hall–Kier alpha value is -1.12. The van der Waals surface area contributed by atoms with E-state index in [1.165, 1.54) is 18.3 Å². The Labute approximate surface area is 136 Å². The van der Waals surface area contributed by atoms with Crippen molar-refractivity contribution in [1.29, 1.82) is 0 Å². The Balaban J connectivity index is 2.81. The number of hydrogen-bond donors (Lipinski definition) is 2. The molecule has 1 amide bonds. The molecule has 1 heterocycles. The smallest absolute Gasteiger partial charge is 0.242 e. The van der Waals surface area contributed by atoms with Crippen molar-refractivity contribution in [1.82, 2.24) is 9.71 Å². The fourth-order valence-electron chi connectivity index (χ4n) is 1.65. The highest BCUT2D eigenvalue weighted by Crippen LogP contribution is 2.15. The summed E-state index contributed by atoms with van der Waals surface area (Å²) in [7, 11) is -3.62. The van der Waals surface area contributed by atoms with Gasteiger partial charge in [-0.25, -0.2) is 18.1 Å². The van der Waals surface area contributed by atoms with Gasteiger partial charge in [-0.05, 0) is 39.2 Å². The first-order chi connectivity index (χ1) is 10.0. The van der Waals surface area contributed by atoms with E-state index in [9.17, 15) is 13.2 Å². The minimum atomic E-state index is -3.62. The standard InChI is InChI=1S/C14H23N3O3S2/c1-10(9-21-5)13(18)16-12-7-6-11(8-15-12)22(19,20)17-14(2,3)4/h6-8,10,17H,9H2,1-5H3,(H,15,16,18)/t10-/m0/s1. The minimum absolute atomic E-state index is 0.0672. The number of amides is 1. The van der Waals surface area contributed by atoms with Gasteiger partial charge in [0, 0.05) is 23.4 Å². The second kappa shape index (κ2) is 7.43. The molecule has 0 aliphatic carbocycles. The molecule has 0 aliphatic rings. The van der Waals surface area contributed by atoms with Gasteiger partial charge in [0.25, 0.3) is 0 Å². The molecule has 0 radical (unpaired) electrons. The van der Waals surface area contributed by atoms with Crippen molar-refractivity contribution < 1.29 is 13.2 Å². The summed E-state index contributed by atoms with van der Waals surface area (Å²) in [5, 5.41) is 2.67. The van der Waals surface area contributed by atoms with Gasteiger partial charge in [0.15, 0.2) is 0 Å². The minimum Gasteiger partial charge on any atom is -0.310 e. The molecule has 0 spiro atoms. The van der Waals surface area contributed by atoms with Gasteiger partial charge in [-0.1, -0.05) is 6.92 Å². The fourth-order valence-corrected chi connectivity index (χ4v) is 3.66. The van der Waals surface area contributed by atoms with Crippen LogP contribution in [-0.4, -0.2) is 36.9 Å². The molecule has 1 aromatic heterocycles. The van der Waals surface area contributed by atoms with E-state index in [1.807, 2.05) is 13.2 Å². The summed E-state index contributed by atoms with van der Waals surface area (Å²) in [4.78, 5) is 15.9. The molecule has 8 heteroatoms. The number of anilines is 1. The average molecular weight is 345 g/mol. The third-order valence-electron chi connectivity index (χ3n) is 2.60. The predicted molar refractivity (Wildman–Crippen MR) is 90.5 cm³/mol. The lowest BCUT2D eigenvalue weighted by atomic mass is 10.1. The maximum absolute atomic E-state index is 12.1. The highest BCUT2D eigenvalue weighted by atomic mass is 32.2. The van der Waals surface area contributed by atoms with Crippen LogP contribution in [0.2, 0.25) is 0 Å². The van der Waals surface area contributed by atoms with Crippen molar-refractivity contribution in [3.05, 3.63) is 18.3 Å². The van der Waals surface area contributed by atoms with Crippen molar-refractivity contribution >= 4 is 33.5 Å². The molecule has 0 fully saturated rings. The number of carbonyl (C=O) groups excluding carboxylic acids is 1. The molecule has 2 N–H and O–H groups in total. The van der Waals surface area contributed by atoms with Crippen molar-refractivity contribution in [2.24, 2.45) is 5.92 Å². The number of nitrogens with zero attached hydrogens (tertiary/aromatic N) is 1. The van der Waals surface area contributed by atoms with E-state index in [4.69, 9.17) is 0 Å². The number of sulfonamides is 1. The zero-order valence-corrected chi connectivity index (χ0v) is 15.1.